The molecule has 0 atom stereocenters. The molecule has 0 saturated carbocycles. The van der Waals surface area contributed by atoms with Crippen molar-refractivity contribution in [2.45, 2.75) is 39.8 Å². The van der Waals surface area contributed by atoms with Crippen LogP contribution in [0.4, 0.5) is 25.2 Å². The van der Waals surface area contributed by atoms with Gasteiger partial charge in [0.2, 0.25) is 6.33 Å². The van der Waals surface area contributed by atoms with Crippen LogP contribution in [0.3, 0.4) is 0 Å². The molecule has 29 heavy (non-hydrogen) atoms. The number of nitrogens with zero attached hydrogens (tertiary/aromatic N) is 3. The van der Waals surface area contributed by atoms with Gasteiger partial charge in [-0.05, 0) is 25.5 Å². The first-order chi connectivity index (χ1) is 13.1. The summed E-state index contributed by atoms with van der Waals surface area (Å²) in [6.07, 6.45) is 6.03. The van der Waals surface area contributed by atoms with Crippen LogP contribution in [0.25, 0.3) is 11.0 Å². The van der Waals surface area contributed by atoms with Gasteiger partial charge in [0.1, 0.15) is 12.1 Å². The van der Waals surface area contributed by atoms with Gasteiger partial charge in [-0.3, -0.25) is 0 Å². The average Bonchev–Trinajstić information content (AvgIpc) is 2.98. The Labute approximate surface area is 161 Å². The number of fused-ring (bicyclic) bond motifs is 1. The van der Waals surface area contributed by atoms with Crippen LogP contribution in [0.15, 0.2) is 46.1 Å². The summed E-state index contributed by atoms with van der Waals surface area (Å²) in [5.74, 6) is 0. The molecule has 12 heteroatoms. The van der Waals surface area contributed by atoms with Crippen molar-refractivity contribution in [2.24, 2.45) is 0 Å². The van der Waals surface area contributed by atoms with E-state index in [2.05, 4.69) is 18.1 Å². The number of hydrogen-bond acceptors (Lipinski definition) is 3. The summed E-state index contributed by atoms with van der Waals surface area (Å²) in [5, 5.41) is 5.33. The fraction of sp³-hybridized carbons (Fsp3) is 0.353. The molecule has 162 valence electrons. The number of halogens is 6. The van der Waals surface area contributed by atoms with Crippen LogP contribution >= 0.6 is 7.81 Å². The van der Waals surface area contributed by atoms with E-state index in [9.17, 15) is 30.0 Å². The van der Waals surface area contributed by atoms with Crippen molar-refractivity contribution in [1.82, 2.24) is 9.78 Å². The average molecular weight is 443 g/mol. The minimum absolute atomic E-state index is 0.315. The third kappa shape index (κ3) is 9.08. The number of hydrogen-bond donors (Lipinski definition) is 0. The van der Waals surface area contributed by atoms with Gasteiger partial charge in [0.15, 0.2) is 0 Å². The van der Waals surface area contributed by atoms with Gasteiger partial charge in [-0.25, -0.2) is 9.36 Å². The van der Waals surface area contributed by atoms with Crippen molar-refractivity contribution in [1.29, 1.82) is 0 Å². The van der Waals surface area contributed by atoms with Gasteiger partial charge in [-0.1, -0.05) is 25.0 Å². The second-order valence-corrected chi connectivity index (χ2v) is 8.50. The summed E-state index contributed by atoms with van der Waals surface area (Å²) in [7, 11) is -10.7. The fourth-order valence-corrected chi connectivity index (χ4v) is 2.55. The van der Waals surface area contributed by atoms with Crippen molar-refractivity contribution in [3.8, 4) is 0 Å². The molecule has 3 rings (SSSR count). The molecule has 0 aliphatic carbocycles. The molecule has 0 saturated heterocycles. The minimum atomic E-state index is -10.7. The molecule has 0 radical (unpaired) electrons. The zero-order valence-corrected chi connectivity index (χ0v) is 16.6. The molecule has 1 aromatic carbocycles. The number of aromatic nitrogens is 3. The Kier molecular flexibility index (Phi) is 5.87. The van der Waals surface area contributed by atoms with Gasteiger partial charge in [-0.15, -0.1) is 4.68 Å². The Morgan fingerprint density at radius 1 is 1.14 bits per heavy atom. The van der Waals surface area contributed by atoms with Gasteiger partial charge in [0, 0.05) is 22.1 Å². The van der Waals surface area contributed by atoms with Crippen molar-refractivity contribution in [3.05, 3.63) is 58.5 Å². The standard InChI is InChI=1S/C17H20N3O2.F6P/c1-3-4-7-20-12-19(11-18-20)10-14-9-17(21)22-16-6-5-13(2)8-15(14)16;1-7(2,3,4,5)6/h5-6,8-9,11-12H,3-4,7,10H2,1-2H3;/q+1;-1. The van der Waals surface area contributed by atoms with Gasteiger partial charge in [-0.2, -0.15) is 0 Å². The molecule has 0 spiro atoms. The molecular formula is C17H20F6N3O2P. The summed E-state index contributed by atoms with van der Waals surface area (Å²) in [6.45, 7) is 5.72. The normalized spacial score (nSPS) is 14.1. The predicted molar refractivity (Wildman–Crippen MR) is 97.2 cm³/mol. The van der Waals surface area contributed by atoms with E-state index >= 15 is 0 Å². The molecule has 0 N–H and O–H groups in total. The zero-order valence-electron chi connectivity index (χ0n) is 15.7. The van der Waals surface area contributed by atoms with Crippen LogP contribution in [-0.4, -0.2) is 9.78 Å². The summed E-state index contributed by atoms with van der Waals surface area (Å²) < 4.78 is 68.4. The maximum absolute atomic E-state index is 11.7. The molecule has 0 bridgehead atoms. The van der Waals surface area contributed by atoms with Gasteiger partial charge >= 0.3 is 38.6 Å². The topological polar surface area (TPSA) is 51.9 Å². The summed E-state index contributed by atoms with van der Waals surface area (Å²) in [6, 6.07) is 7.42. The zero-order chi connectivity index (χ0) is 21.9. The Morgan fingerprint density at radius 3 is 2.41 bits per heavy atom. The molecule has 0 unspecified atom stereocenters. The second-order valence-electron chi connectivity index (χ2n) is 6.58. The molecule has 2 aromatic heterocycles. The van der Waals surface area contributed by atoms with Gasteiger partial charge in [0.05, 0.1) is 6.54 Å². The van der Waals surface area contributed by atoms with Crippen LogP contribution < -0.4 is 10.2 Å². The number of benzene rings is 1. The molecule has 5 nitrogen and oxygen atoms in total. The molecule has 0 aliphatic heterocycles. The monoisotopic (exact) mass is 443 g/mol. The van der Waals surface area contributed by atoms with Crippen molar-refractivity contribution in [2.75, 3.05) is 0 Å². The van der Waals surface area contributed by atoms with E-state index in [0.717, 1.165) is 35.9 Å². The van der Waals surface area contributed by atoms with Crippen LogP contribution in [0.5, 0.6) is 0 Å². The maximum atomic E-state index is 11.7. The number of unbranched alkanes of at least 4 members (excludes halogenated alkanes) is 1. The molecule has 0 amide bonds. The van der Waals surface area contributed by atoms with E-state index in [1.807, 2.05) is 34.6 Å². The van der Waals surface area contributed by atoms with Crippen molar-refractivity contribution in [3.63, 3.8) is 0 Å². The predicted octanol–water partition coefficient (Wildman–Crippen LogP) is 5.82. The van der Waals surface area contributed by atoms with Crippen molar-refractivity contribution < 1.29 is 34.2 Å². The van der Waals surface area contributed by atoms with Crippen LogP contribution in [0.1, 0.15) is 30.9 Å². The molecule has 2 heterocycles. The fourth-order valence-electron chi connectivity index (χ4n) is 2.55. The first-order valence-corrected chi connectivity index (χ1v) is 10.6. The number of aryl methyl sites for hydroxylation is 2. The van der Waals surface area contributed by atoms with E-state index in [-0.39, 0.29) is 5.63 Å². The van der Waals surface area contributed by atoms with E-state index in [1.165, 1.54) is 0 Å². The third-order valence-electron chi connectivity index (χ3n) is 3.71. The van der Waals surface area contributed by atoms with Gasteiger partial charge < -0.3 is 4.42 Å². The molecule has 3 aromatic rings. The Balaban J connectivity index is 0.000000370. The second kappa shape index (κ2) is 7.44. The SMILES string of the molecule is CCCCn1c[n+](Cc2cc(=O)oc3ccc(C)cc23)cn1.F[P-](F)(F)(F)(F)F. The third-order valence-corrected chi connectivity index (χ3v) is 3.71. The molecular weight excluding hydrogens is 423 g/mol. The Morgan fingerprint density at radius 2 is 1.79 bits per heavy atom. The first kappa shape index (κ1) is 22.9. The summed E-state index contributed by atoms with van der Waals surface area (Å²) >= 11 is 0. The Hall–Kier alpha value is -2.42. The Bertz CT molecular complexity index is 1050. The quantitative estimate of drug-likeness (QED) is 0.216. The summed E-state index contributed by atoms with van der Waals surface area (Å²) in [5.41, 5.74) is 2.42. The molecule has 0 aliphatic rings. The molecule has 0 fully saturated rings. The van der Waals surface area contributed by atoms with Crippen LogP contribution in [0.2, 0.25) is 0 Å². The van der Waals surface area contributed by atoms with E-state index in [4.69, 9.17) is 4.42 Å². The number of rotatable bonds is 5. The van der Waals surface area contributed by atoms with E-state index in [0.29, 0.717) is 12.1 Å². The van der Waals surface area contributed by atoms with Crippen LogP contribution in [-0.2, 0) is 13.1 Å². The van der Waals surface area contributed by atoms with E-state index in [1.54, 1.807) is 12.4 Å². The first-order valence-electron chi connectivity index (χ1n) is 8.62. The van der Waals surface area contributed by atoms with Gasteiger partial charge in [0.25, 0.3) is 6.33 Å². The van der Waals surface area contributed by atoms with Crippen molar-refractivity contribution >= 4 is 18.8 Å². The summed E-state index contributed by atoms with van der Waals surface area (Å²) in [4.78, 5) is 11.7. The van der Waals surface area contributed by atoms with E-state index < -0.39 is 7.81 Å². The van der Waals surface area contributed by atoms with Crippen LogP contribution in [0, 0.1) is 6.92 Å².